The molecule has 0 aliphatic carbocycles. The number of halogens is 7. The molecule has 0 saturated heterocycles. The molecule has 1 atom stereocenters. The monoisotopic (exact) mass is 355 g/mol. The molecule has 0 saturated carbocycles. The first-order chi connectivity index (χ1) is 7.59. The number of aromatic hydroxyl groups is 1. The van der Waals surface area contributed by atoms with E-state index < -0.39 is 29.5 Å². The number of phenols is 1. The molecule has 0 aliphatic rings. The van der Waals surface area contributed by atoms with Crippen molar-refractivity contribution in [3.05, 3.63) is 28.2 Å². The summed E-state index contributed by atoms with van der Waals surface area (Å²) in [6.07, 6.45) is -5.78. The van der Waals surface area contributed by atoms with Gasteiger partial charge in [0.1, 0.15) is 11.8 Å². The molecule has 18 heavy (non-hydrogen) atoms. The molecule has 0 aliphatic heterocycles. The highest BCUT2D eigenvalue weighted by Crippen LogP contribution is 2.45. The summed E-state index contributed by atoms with van der Waals surface area (Å²) in [6, 6.07) is 0.729. The Morgan fingerprint density at radius 3 is 2.11 bits per heavy atom. The summed E-state index contributed by atoms with van der Waals surface area (Å²) in [5.41, 5.74) is 4.20. The number of alkyl halides is 5. The van der Waals surface area contributed by atoms with Crippen LogP contribution in [0.25, 0.3) is 0 Å². The van der Waals surface area contributed by atoms with E-state index in [4.69, 9.17) is 5.73 Å². The van der Waals surface area contributed by atoms with Crippen LogP contribution in [0.2, 0.25) is 0 Å². The van der Waals surface area contributed by atoms with Crippen LogP contribution in [0.1, 0.15) is 11.6 Å². The molecule has 0 radical (unpaired) electrons. The van der Waals surface area contributed by atoms with Gasteiger partial charge < -0.3 is 10.8 Å². The van der Waals surface area contributed by atoms with Gasteiger partial charge in [0, 0.05) is 5.56 Å². The summed E-state index contributed by atoms with van der Waals surface area (Å²) in [6.45, 7) is 0. The quantitative estimate of drug-likeness (QED) is 0.792. The first-order valence-corrected chi connectivity index (χ1v) is 5.06. The van der Waals surface area contributed by atoms with Gasteiger partial charge in [-0.15, -0.1) is 12.4 Å². The Hall–Kier alpha value is -0.600. The standard InChI is InChI=1S/C9H7BrF5NO.ClH/c10-5-3-1-2-4(6(5)17)7(16)8(11,12)9(13,14)15;/h1-3,7,17H,16H2;1H/t7-;/m1./s1. The van der Waals surface area contributed by atoms with Crippen molar-refractivity contribution in [2.24, 2.45) is 5.73 Å². The summed E-state index contributed by atoms with van der Waals surface area (Å²) in [4.78, 5) is 0. The number of nitrogens with two attached hydrogens (primary N) is 1. The molecule has 0 fully saturated rings. The molecule has 3 N–H and O–H groups in total. The van der Waals surface area contributed by atoms with Gasteiger partial charge in [0.15, 0.2) is 0 Å². The Morgan fingerprint density at radius 2 is 1.67 bits per heavy atom. The fourth-order valence-corrected chi connectivity index (χ4v) is 1.54. The van der Waals surface area contributed by atoms with Crippen molar-refractivity contribution in [3.63, 3.8) is 0 Å². The molecule has 0 unspecified atom stereocenters. The van der Waals surface area contributed by atoms with Crippen molar-refractivity contribution >= 4 is 28.3 Å². The molecule has 104 valence electrons. The number of rotatable bonds is 2. The van der Waals surface area contributed by atoms with Crippen LogP contribution in [0.15, 0.2) is 22.7 Å². The lowest BCUT2D eigenvalue weighted by Gasteiger charge is -2.26. The van der Waals surface area contributed by atoms with Crippen LogP contribution >= 0.6 is 28.3 Å². The summed E-state index contributed by atoms with van der Waals surface area (Å²) in [5, 5.41) is 9.37. The van der Waals surface area contributed by atoms with Crippen LogP contribution in [-0.4, -0.2) is 17.2 Å². The first kappa shape index (κ1) is 17.4. The van der Waals surface area contributed by atoms with Crippen molar-refractivity contribution in [3.8, 4) is 5.75 Å². The van der Waals surface area contributed by atoms with E-state index in [0.717, 1.165) is 6.07 Å². The van der Waals surface area contributed by atoms with Crippen molar-refractivity contribution in [2.75, 3.05) is 0 Å². The van der Waals surface area contributed by atoms with Crippen LogP contribution in [0.3, 0.4) is 0 Å². The minimum Gasteiger partial charge on any atom is -0.506 e. The van der Waals surface area contributed by atoms with Crippen LogP contribution in [0.5, 0.6) is 5.75 Å². The third-order valence-corrected chi connectivity index (χ3v) is 2.76. The van der Waals surface area contributed by atoms with E-state index in [1.54, 1.807) is 0 Å². The second kappa shape index (κ2) is 5.58. The molecule has 1 rings (SSSR count). The van der Waals surface area contributed by atoms with E-state index in [0.29, 0.717) is 0 Å². The normalized spacial score (nSPS) is 13.9. The molecule has 0 spiro atoms. The summed E-state index contributed by atoms with van der Waals surface area (Å²) in [5.74, 6) is -5.85. The summed E-state index contributed by atoms with van der Waals surface area (Å²) in [7, 11) is 0. The SMILES string of the molecule is Cl.N[C@H](c1cccc(Br)c1O)C(F)(F)C(F)(F)F. The zero-order chi connectivity index (χ0) is 13.4. The van der Waals surface area contributed by atoms with Gasteiger partial charge in [-0.2, -0.15) is 22.0 Å². The maximum absolute atomic E-state index is 12.9. The summed E-state index contributed by atoms with van der Waals surface area (Å²) < 4.78 is 62.1. The second-order valence-corrected chi connectivity index (χ2v) is 4.13. The fraction of sp³-hybridized carbons (Fsp3) is 0.333. The van der Waals surface area contributed by atoms with Gasteiger partial charge >= 0.3 is 12.1 Å². The predicted molar refractivity (Wildman–Crippen MR) is 61.0 cm³/mol. The van der Waals surface area contributed by atoms with Gasteiger partial charge in [-0.1, -0.05) is 12.1 Å². The number of hydrogen-bond acceptors (Lipinski definition) is 2. The van der Waals surface area contributed by atoms with E-state index >= 15 is 0 Å². The highest BCUT2D eigenvalue weighted by Gasteiger charge is 2.62. The lowest BCUT2D eigenvalue weighted by molar-refractivity contribution is -0.291. The van der Waals surface area contributed by atoms with Gasteiger partial charge in [0.25, 0.3) is 0 Å². The molecule has 2 nitrogen and oxygen atoms in total. The minimum absolute atomic E-state index is 0. The van der Waals surface area contributed by atoms with Gasteiger partial charge in [0.2, 0.25) is 0 Å². The Balaban J connectivity index is 0.00000289. The van der Waals surface area contributed by atoms with Gasteiger partial charge in [-0.25, -0.2) is 0 Å². The van der Waals surface area contributed by atoms with Crippen LogP contribution in [0, 0.1) is 0 Å². The Morgan fingerprint density at radius 1 is 1.17 bits per heavy atom. The lowest BCUT2D eigenvalue weighted by atomic mass is 10.00. The third kappa shape index (κ3) is 3.04. The molecule has 0 amide bonds. The largest absolute Gasteiger partial charge is 0.506 e. The minimum atomic E-state index is -5.78. The van der Waals surface area contributed by atoms with Crippen molar-refractivity contribution in [1.29, 1.82) is 0 Å². The third-order valence-electron chi connectivity index (χ3n) is 2.12. The van der Waals surface area contributed by atoms with E-state index in [1.165, 1.54) is 12.1 Å². The smallest absolute Gasteiger partial charge is 0.455 e. The highest BCUT2D eigenvalue weighted by molar-refractivity contribution is 9.10. The fourth-order valence-electron chi connectivity index (χ4n) is 1.15. The van der Waals surface area contributed by atoms with Gasteiger partial charge in [-0.3, -0.25) is 0 Å². The van der Waals surface area contributed by atoms with Gasteiger partial charge in [-0.05, 0) is 22.0 Å². The van der Waals surface area contributed by atoms with E-state index in [-0.39, 0.29) is 16.9 Å². The molecule has 9 heteroatoms. The van der Waals surface area contributed by atoms with Crippen LogP contribution < -0.4 is 5.73 Å². The summed E-state index contributed by atoms with van der Waals surface area (Å²) >= 11 is 2.80. The second-order valence-electron chi connectivity index (χ2n) is 3.28. The number of para-hydroxylation sites is 1. The number of benzene rings is 1. The van der Waals surface area contributed by atoms with E-state index in [1.807, 2.05) is 0 Å². The molecule has 0 heterocycles. The van der Waals surface area contributed by atoms with Gasteiger partial charge in [0.05, 0.1) is 4.47 Å². The van der Waals surface area contributed by atoms with E-state index in [2.05, 4.69) is 15.9 Å². The maximum atomic E-state index is 12.9. The average molecular weight is 357 g/mol. The molecule has 0 bridgehead atoms. The first-order valence-electron chi connectivity index (χ1n) is 4.26. The zero-order valence-corrected chi connectivity index (χ0v) is 10.9. The zero-order valence-electron chi connectivity index (χ0n) is 8.51. The van der Waals surface area contributed by atoms with Crippen LogP contribution in [-0.2, 0) is 0 Å². The Labute approximate surface area is 114 Å². The maximum Gasteiger partial charge on any atom is 0.455 e. The van der Waals surface area contributed by atoms with Crippen LogP contribution in [0.4, 0.5) is 22.0 Å². The topological polar surface area (TPSA) is 46.2 Å². The number of hydrogen-bond donors (Lipinski definition) is 2. The molecule has 1 aromatic rings. The Bertz CT molecular complexity index is 426. The Kier molecular flexibility index (Phi) is 5.39. The molecular formula is C9H8BrClF5NO. The van der Waals surface area contributed by atoms with Crippen molar-refractivity contribution in [2.45, 2.75) is 18.1 Å². The van der Waals surface area contributed by atoms with Crippen molar-refractivity contribution in [1.82, 2.24) is 0 Å². The number of phenolic OH excluding ortho intramolecular Hbond substituents is 1. The lowest BCUT2D eigenvalue weighted by Crippen LogP contribution is -2.45. The highest BCUT2D eigenvalue weighted by atomic mass is 79.9. The predicted octanol–water partition coefficient (Wildman–Crippen LogP) is 3.77. The van der Waals surface area contributed by atoms with E-state index in [9.17, 15) is 27.1 Å². The van der Waals surface area contributed by atoms with Crippen molar-refractivity contribution < 1.29 is 27.1 Å². The molecular weight excluding hydrogens is 348 g/mol. The average Bonchev–Trinajstić information content (AvgIpc) is 2.19. The molecule has 1 aromatic carbocycles. The molecule has 0 aromatic heterocycles.